The Labute approximate surface area is 144 Å². The van der Waals surface area contributed by atoms with Gasteiger partial charge < -0.3 is 15.0 Å². The first kappa shape index (κ1) is 18.0. The largest absolute Gasteiger partial charge is 0.497 e. The van der Waals surface area contributed by atoms with E-state index in [2.05, 4.69) is 10.2 Å². The Morgan fingerprint density at radius 1 is 1.12 bits per heavy atom. The van der Waals surface area contributed by atoms with Crippen molar-refractivity contribution in [3.8, 4) is 5.75 Å². The van der Waals surface area contributed by atoms with Crippen molar-refractivity contribution in [1.82, 2.24) is 10.2 Å². The van der Waals surface area contributed by atoms with Crippen molar-refractivity contribution in [2.24, 2.45) is 0 Å². The molecule has 2 rings (SSSR count). The van der Waals surface area contributed by atoms with Crippen LogP contribution in [0.5, 0.6) is 5.75 Å². The van der Waals surface area contributed by atoms with Gasteiger partial charge in [-0.15, -0.1) is 0 Å². The molecule has 0 radical (unpaired) electrons. The zero-order valence-corrected chi connectivity index (χ0v) is 15.1. The van der Waals surface area contributed by atoms with E-state index >= 15 is 0 Å². The third-order valence-electron chi connectivity index (χ3n) is 4.21. The van der Waals surface area contributed by atoms with Crippen molar-refractivity contribution >= 4 is 5.91 Å². The highest BCUT2D eigenvalue weighted by molar-refractivity contribution is 5.95. The molecular weight excluding hydrogens is 300 g/mol. The van der Waals surface area contributed by atoms with Crippen LogP contribution in [-0.2, 0) is 0 Å². The summed E-state index contributed by atoms with van der Waals surface area (Å²) in [4.78, 5) is 14.6. The molecule has 1 amide bonds. The van der Waals surface area contributed by atoms with Crippen LogP contribution in [0.4, 0.5) is 0 Å². The Bertz CT molecular complexity index is 693. The number of carbonyl (C=O) groups excluding carboxylic acids is 1. The molecule has 4 nitrogen and oxygen atoms in total. The van der Waals surface area contributed by atoms with Gasteiger partial charge in [0.2, 0.25) is 0 Å². The maximum absolute atomic E-state index is 12.5. The minimum Gasteiger partial charge on any atom is -0.497 e. The molecule has 0 aliphatic heterocycles. The summed E-state index contributed by atoms with van der Waals surface area (Å²) in [5, 5.41) is 3.06. The van der Waals surface area contributed by atoms with Gasteiger partial charge in [0, 0.05) is 12.1 Å². The maximum Gasteiger partial charge on any atom is 0.251 e. The summed E-state index contributed by atoms with van der Waals surface area (Å²) in [7, 11) is 5.68. The number of nitrogens with zero attached hydrogens (tertiary/aromatic N) is 1. The highest BCUT2D eigenvalue weighted by Crippen LogP contribution is 2.21. The molecule has 1 unspecified atom stereocenters. The fourth-order valence-corrected chi connectivity index (χ4v) is 2.78. The first-order chi connectivity index (χ1) is 11.4. The molecule has 128 valence electrons. The molecule has 2 aromatic rings. The van der Waals surface area contributed by atoms with E-state index in [0.717, 1.165) is 28.0 Å². The Kier molecular flexibility index (Phi) is 5.99. The Hall–Kier alpha value is -2.33. The smallest absolute Gasteiger partial charge is 0.251 e. The number of rotatable bonds is 6. The molecule has 24 heavy (non-hydrogen) atoms. The van der Waals surface area contributed by atoms with Gasteiger partial charge in [0.15, 0.2) is 0 Å². The first-order valence-electron chi connectivity index (χ1n) is 8.08. The molecule has 0 fully saturated rings. The Morgan fingerprint density at radius 2 is 1.79 bits per heavy atom. The molecule has 0 aromatic heterocycles. The number of methoxy groups -OCH3 is 1. The lowest BCUT2D eigenvalue weighted by molar-refractivity contribution is 0.0941. The molecule has 0 saturated heterocycles. The highest BCUT2D eigenvalue weighted by Gasteiger charge is 2.16. The van der Waals surface area contributed by atoms with Gasteiger partial charge in [-0.05, 0) is 57.3 Å². The average molecular weight is 326 g/mol. The van der Waals surface area contributed by atoms with Crippen LogP contribution in [-0.4, -0.2) is 38.6 Å². The number of aryl methyl sites for hydroxylation is 2. The molecule has 1 atom stereocenters. The molecule has 0 aliphatic rings. The lowest BCUT2D eigenvalue weighted by Gasteiger charge is -2.25. The summed E-state index contributed by atoms with van der Waals surface area (Å²) < 4.78 is 5.20. The average Bonchev–Trinajstić information content (AvgIpc) is 2.55. The van der Waals surface area contributed by atoms with Gasteiger partial charge in [-0.2, -0.15) is 0 Å². The van der Waals surface area contributed by atoms with Gasteiger partial charge >= 0.3 is 0 Å². The second-order valence-corrected chi connectivity index (χ2v) is 6.28. The highest BCUT2D eigenvalue weighted by atomic mass is 16.5. The van der Waals surface area contributed by atoms with Crippen LogP contribution in [0.25, 0.3) is 0 Å². The van der Waals surface area contributed by atoms with Gasteiger partial charge in [-0.25, -0.2) is 0 Å². The number of hydrogen-bond donors (Lipinski definition) is 1. The van der Waals surface area contributed by atoms with Crippen molar-refractivity contribution in [2.75, 3.05) is 27.7 Å². The molecule has 0 saturated carbocycles. The summed E-state index contributed by atoms with van der Waals surface area (Å²) in [6, 6.07) is 13.9. The van der Waals surface area contributed by atoms with Gasteiger partial charge in [-0.1, -0.05) is 29.8 Å². The molecular formula is C20H26N2O2. The van der Waals surface area contributed by atoms with E-state index in [9.17, 15) is 4.79 Å². The number of carbonyl (C=O) groups is 1. The van der Waals surface area contributed by atoms with Crippen LogP contribution in [0, 0.1) is 13.8 Å². The second kappa shape index (κ2) is 7.97. The van der Waals surface area contributed by atoms with Gasteiger partial charge in [0.05, 0.1) is 13.2 Å². The van der Waals surface area contributed by atoms with Crippen LogP contribution in [0.2, 0.25) is 0 Å². The molecule has 1 N–H and O–H groups in total. The predicted octanol–water partition coefficient (Wildman–Crippen LogP) is 3.34. The zero-order valence-electron chi connectivity index (χ0n) is 15.1. The van der Waals surface area contributed by atoms with E-state index < -0.39 is 0 Å². The fraction of sp³-hybridized carbons (Fsp3) is 0.350. The topological polar surface area (TPSA) is 41.6 Å². The standard InChI is InChI=1S/C20H26N2O2/c1-14-6-11-18(15(2)12-14)20(23)21-13-19(22(3)4)16-7-9-17(24-5)10-8-16/h6-12,19H,13H2,1-5H3,(H,21,23). The van der Waals surface area contributed by atoms with Crippen molar-refractivity contribution in [3.05, 3.63) is 64.7 Å². The van der Waals surface area contributed by atoms with Crippen LogP contribution in [0.15, 0.2) is 42.5 Å². The van der Waals surface area contributed by atoms with Crippen molar-refractivity contribution < 1.29 is 9.53 Å². The zero-order chi connectivity index (χ0) is 17.7. The van der Waals surface area contributed by atoms with Gasteiger partial charge in [0.25, 0.3) is 5.91 Å². The number of ether oxygens (including phenoxy) is 1. The van der Waals surface area contributed by atoms with Crippen molar-refractivity contribution in [2.45, 2.75) is 19.9 Å². The number of nitrogens with one attached hydrogen (secondary N) is 1. The maximum atomic E-state index is 12.5. The number of amides is 1. The lowest BCUT2D eigenvalue weighted by atomic mass is 10.0. The summed E-state index contributed by atoms with van der Waals surface area (Å²) in [6.07, 6.45) is 0. The van der Waals surface area contributed by atoms with Crippen LogP contribution in [0.1, 0.15) is 33.1 Å². The summed E-state index contributed by atoms with van der Waals surface area (Å²) >= 11 is 0. The van der Waals surface area contributed by atoms with Gasteiger partial charge in [0.1, 0.15) is 5.75 Å². The third kappa shape index (κ3) is 4.36. The second-order valence-electron chi connectivity index (χ2n) is 6.28. The monoisotopic (exact) mass is 326 g/mol. The third-order valence-corrected chi connectivity index (χ3v) is 4.21. The quantitative estimate of drug-likeness (QED) is 0.885. The minimum absolute atomic E-state index is 0.0344. The first-order valence-corrected chi connectivity index (χ1v) is 8.08. The van der Waals surface area contributed by atoms with Crippen molar-refractivity contribution in [1.29, 1.82) is 0 Å². The van der Waals surface area contributed by atoms with E-state index in [0.29, 0.717) is 6.54 Å². The van der Waals surface area contributed by atoms with E-state index in [4.69, 9.17) is 4.74 Å². The van der Waals surface area contributed by atoms with Gasteiger partial charge in [-0.3, -0.25) is 4.79 Å². The molecule has 4 heteroatoms. The van der Waals surface area contributed by atoms with E-state index in [1.54, 1.807) is 7.11 Å². The minimum atomic E-state index is -0.0344. The number of likely N-dealkylation sites (N-methyl/N-ethyl adjacent to an activating group) is 1. The summed E-state index contributed by atoms with van der Waals surface area (Å²) in [6.45, 7) is 4.54. The van der Waals surface area contributed by atoms with Crippen LogP contribution >= 0.6 is 0 Å². The summed E-state index contributed by atoms with van der Waals surface area (Å²) in [5.41, 5.74) is 4.03. The fourth-order valence-electron chi connectivity index (χ4n) is 2.78. The molecule has 0 spiro atoms. The predicted molar refractivity (Wildman–Crippen MR) is 97.7 cm³/mol. The summed E-state index contributed by atoms with van der Waals surface area (Å²) in [5.74, 6) is 0.795. The lowest BCUT2D eigenvalue weighted by Crippen LogP contribution is -2.34. The van der Waals surface area contributed by atoms with Crippen molar-refractivity contribution in [3.63, 3.8) is 0 Å². The Morgan fingerprint density at radius 3 is 2.33 bits per heavy atom. The van der Waals surface area contributed by atoms with E-state index in [1.807, 2.05) is 70.4 Å². The van der Waals surface area contributed by atoms with E-state index in [1.165, 1.54) is 0 Å². The SMILES string of the molecule is COc1ccc(C(CNC(=O)c2ccc(C)cc2C)N(C)C)cc1. The molecule has 0 bridgehead atoms. The van der Waals surface area contributed by atoms with Crippen LogP contribution in [0.3, 0.4) is 0 Å². The molecule has 0 aliphatic carbocycles. The molecule has 0 heterocycles. The van der Waals surface area contributed by atoms with E-state index in [-0.39, 0.29) is 11.9 Å². The number of benzene rings is 2. The normalized spacial score (nSPS) is 12.1. The number of hydrogen-bond acceptors (Lipinski definition) is 3. The molecule has 2 aromatic carbocycles. The Balaban J connectivity index is 2.09. The van der Waals surface area contributed by atoms with Crippen LogP contribution < -0.4 is 10.1 Å².